The van der Waals surface area contributed by atoms with Gasteiger partial charge in [-0.1, -0.05) is 34.8 Å². The van der Waals surface area contributed by atoms with E-state index in [4.69, 9.17) is 34.8 Å². The topological polar surface area (TPSA) is 46.9 Å². The van der Waals surface area contributed by atoms with Gasteiger partial charge in [0.25, 0.3) is 5.56 Å². The van der Waals surface area contributed by atoms with Gasteiger partial charge in [0.2, 0.25) is 0 Å². The Balaban J connectivity index is 1.77. The number of nitrogens with zero attached hydrogens (tertiary/aromatic N) is 2. The van der Waals surface area contributed by atoms with Crippen molar-refractivity contribution in [3.05, 3.63) is 49.8 Å². The Labute approximate surface area is 163 Å². The van der Waals surface area contributed by atoms with Gasteiger partial charge in [-0.05, 0) is 18.2 Å². The predicted octanol–water partition coefficient (Wildman–Crippen LogP) is 4.45. The van der Waals surface area contributed by atoms with E-state index < -0.39 is 5.56 Å². The third-order valence-electron chi connectivity index (χ3n) is 3.48. The highest BCUT2D eigenvalue weighted by molar-refractivity contribution is 8.06. The standard InChI is InChI=1S/C15H14Cl3N3OS2/c16-11-5-9(21-15(22)14(18)12(17)7-20-21)1-2-13(11)19-6-10-8-23-3-4-24-10/h1-2,5,7,10,19H,3-4,6,8H2. The number of hydrogen-bond donors (Lipinski definition) is 1. The van der Waals surface area contributed by atoms with Gasteiger partial charge >= 0.3 is 0 Å². The highest BCUT2D eigenvalue weighted by Crippen LogP contribution is 2.28. The van der Waals surface area contributed by atoms with Crippen LogP contribution in [0.5, 0.6) is 0 Å². The molecule has 0 saturated carbocycles. The van der Waals surface area contributed by atoms with Crippen LogP contribution in [-0.4, -0.2) is 38.8 Å². The molecule has 1 aromatic heterocycles. The number of hydrogen-bond acceptors (Lipinski definition) is 5. The number of aromatic nitrogens is 2. The van der Waals surface area contributed by atoms with Gasteiger partial charge in [0.15, 0.2) is 0 Å². The first-order valence-corrected chi connectivity index (χ1v) is 10.6. The second-order valence-electron chi connectivity index (χ2n) is 5.14. The van der Waals surface area contributed by atoms with E-state index in [0.29, 0.717) is 16.0 Å². The first kappa shape index (κ1) is 18.3. The van der Waals surface area contributed by atoms with Gasteiger partial charge in [0.05, 0.1) is 27.6 Å². The Morgan fingerprint density at radius 2 is 2.08 bits per heavy atom. The number of thioether (sulfide) groups is 2. The molecule has 2 heterocycles. The molecule has 0 bridgehead atoms. The lowest BCUT2D eigenvalue weighted by Crippen LogP contribution is -2.23. The van der Waals surface area contributed by atoms with Crippen molar-refractivity contribution in [3.63, 3.8) is 0 Å². The molecule has 1 N–H and O–H groups in total. The van der Waals surface area contributed by atoms with Crippen molar-refractivity contribution in [2.24, 2.45) is 0 Å². The smallest absolute Gasteiger partial charge is 0.291 e. The van der Waals surface area contributed by atoms with E-state index in [-0.39, 0.29) is 10.0 Å². The minimum Gasteiger partial charge on any atom is -0.383 e. The molecule has 128 valence electrons. The van der Waals surface area contributed by atoms with E-state index in [1.54, 1.807) is 12.1 Å². The zero-order chi connectivity index (χ0) is 17.1. The van der Waals surface area contributed by atoms with Crippen LogP contribution in [-0.2, 0) is 0 Å². The van der Waals surface area contributed by atoms with Crippen LogP contribution < -0.4 is 10.9 Å². The monoisotopic (exact) mass is 421 g/mol. The van der Waals surface area contributed by atoms with Crippen molar-refractivity contribution in [2.45, 2.75) is 5.25 Å². The summed E-state index contributed by atoms with van der Waals surface area (Å²) in [4.78, 5) is 12.1. The van der Waals surface area contributed by atoms with Crippen molar-refractivity contribution in [1.29, 1.82) is 0 Å². The molecular formula is C15H14Cl3N3OS2. The Morgan fingerprint density at radius 1 is 1.25 bits per heavy atom. The maximum Gasteiger partial charge on any atom is 0.291 e. The molecule has 1 aromatic carbocycles. The average molecular weight is 423 g/mol. The van der Waals surface area contributed by atoms with Crippen LogP contribution in [0.4, 0.5) is 5.69 Å². The van der Waals surface area contributed by atoms with Crippen LogP contribution in [0.1, 0.15) is 0 Å². The molecule has 1 fully saturated rings. The quantitative estimate of drug-likeness (QED) is 0.788. The zero-order valence-corrected chi connectivity index (χ0v) is 16.4. The maximum absolute atomic E-state index is 12.1. The summed E-state index contributed by atoms with van der Waals surface area (Å²) < 4.78 is 1.18. The highest BCUT2D eigenvalue weighted by Gasteiger charge is 2.15. The number of rotatable bonds is 4. The summed E-state index contributed by atoms with van der Waals surface area (Å²) in [7, 11) is 0. The van der Waals surface area contributed by atoms with Crippen LogP contribution in [0.15, 0.2) is 29.2 Å². The molecule has 0 spiro atoms. The van der Waals surface area contributed by atoms with E-state index >= 15 is 0 Å². The van der Waals surface area contributed by atoms with Crippen LogP contribution in [0.25, 0.3) is 5.69 Å². The SMILES string of the molecule is O=c1c(Cl)c(Cl)cnn1-c1ccc(NCC2CSCCS2)c(Cl)c1. The van der Waals surface area contributed by atoms with Crippen LogP contribution in [0, 0.1) is 0 Å². The van der Waals surface area contributed by atoms with Gasteiger partial charge in [-0.3, -0.25) is 4.79 Å². The van der Waals surface area contributed by atoms with Crippen LogP contribution in [0.2, 0.25) is 15.1 Å². The zero-order valence-electron chi connectivity index (χ0n) is 12.5. The van der Waals surface area contributed by atoms with Gasteiger partial charge in [-0.15, -0.1) is 0 Å². The van der Waals surface area contributed by atoms with Gasteiger partial charge in [0, 0.05) is 29.1 Å². The molecule has 9 heteroatoms. The first-order valence-electron chi connectivity index (χ1n) is 7.22. The second-order valence-corrected chi connectivity index (χ2v) is 8.89. The van der Waals surface area contributed by atoms with Crippen molar-refractivity contribution < 1.29 is 0 Å². The maximum atomic E-state index is 12.1. The van der Waals surface area contributed by atoms with E-state index in [2.05, 4.69) is 10.4 Å². The molecule has 3 rings (SSSR count). The molecule has 1 unspecified atom stereocenters. The molecular weight excluding hydrogens is 409 g/mol. The number of nitrogens with one attached hydrogen (secondary N) is 1. The lowest BCUT2D eigenvalue weighted by molar-refractivity contribution is 0.807. The fourth-order valence-corrected chi connectivity index (χ4v) is 5.36. The molecule has 1 aliphatic heterocycles. The highest BCUT2D eigenvalue weighted by atomic mass is 35.5. The Morgan fingerprint density at radius 3 is 2.79 bits per heavy atom. The van der Waals surface area contributed by atoms with Crippen LogP contribution >= 0.6 is 58.3 Å². The van der Waals surface area contributed by atoms with Gasteiger partial charge < -0.3 is 5.32 Å². The van der Waals surface area contributed by atoms with Gasteiger partial charge in [0.1, 0.15) is 5.02 Å². The van der Waals surface area contributed by atoms with Gasteiger partial charge in [-0.2, -0.15) is 33.3 Å². The van der Waals surface area contributed by atoms with Crippen molar-refractivity contribution >= 4 is 64.0 Å². The summed E-state index contributed by atoms with van der Waals surface area (Å²) in [5.74, 6) is 3.56. The van der Waals surface area contributed by atoms with E-state index in [9.17, 15) is 4.79 Å². The molecule has 0 aliphatic carbocycles. The molecule has 1 saturated heterocycles. The fourth-order valence-electron chi connectivity index (χ4n) is 2.25. The largest absolute Gasteiger partial charge is 0.383 e. The molecule has 24 heavy (non-hydrogen) atoms. The number of benzene rings is 1. The first-order chi connectivity index (χ1) is 11.6. The fraction of sp³-hybridized carbons (Fsp3) is 0.333. The summed E-state index contributed by atoms with van der Waals surface area (Å²) >= 11 is 22.0. The molecule has 0 radical (unpaired) electrons. The second kappa shape index (κ2) is 8.23. The molecule has 1 atom stereocenters. The van der Waals surface area contributed by atoms with E-state index in [1.165, 1.54) is 22.4 Å². The molecule has 1 aliphatic rings. The van der Waals surface area contributed by atoms with Crippen molar-refractivity contribution in [1.82, 2.24) is 9.78 Å². The van der Waals surface area contributed by atoms with E-state index in [0.717, 1.165) is 18.0 Å². The number of halogens is 3. The third-order valence-corrected chi connectivity index (χ3v) is 7.38. The molecule has 0 amide bonds. The van der Waals surface area contributed by atoms with Gasteiger partial charge in [-0.25, -0.2) is 0 Å². The summed E-state index contributed by atoms with van der Waals surface area (Å²) in [6.45, 7) is 0.863. The summed E-state index contributed by atoms with van der Waals surface area (Å²) in [5.41, 5.74) is 0.901. The molecule has 2 aromatic rings. The summed E-state index contributed by atoms with van der Waals surface area (Å²) in [6.07, 6.45) is 1.34. The summed E-state index contributed by atoms with van der Waals surface area (Å²) in [6, 6.07) is 5.30. The van der Waals surface area contributed by atoms with E-state index in [1.807, 2.05) is 29.6 Å². The predicted molar refractivity (Wildman–Crippen MR) is 107 cm³/mol. The Bertz CT molecular complexity index is 794. The molecule has 4 nitrogen and oxygen atoms in total. The minimum atomic E-state index is -0.475. The third kappa shape index (κ3) is 4.17. The summed E-state index contributed by atoms with van der Waals surface area (Å²) in [5, 5.41) is 8.56. The minimum absolute atomic E-state index is 0.0585. The Hall–Kier alpha value is -0.530. The normalized spacial score (nSPS) is 17.7. The lowest BCUT2D eigenvalue weighted by atomic mass is 10.2. The van der Waals surface area contributed by atoms with Crippen molar-refractivity contribution in [2.75, 3.05) is 29.1 Å². The van der Waals surface area contributed by atoms with Crippen molar-refractivity contribution in [3.8, 4) is 5.69 Å². The average Bonchev–Trinajstić information content (AvgIpc) is 2.60. The number of anilines is 1. The Kier molecular flexibility index (Phi) is 6.27. The van der Waals surface area contributed by atoms with Crippen LogP contribution in [0.3, 0.4) is 0 Å². The lowest BCUT2D eigenvalue weighted by Gasteiger charge is -2.22.